The Balaban J connectivity index is 2.05. The lowest BCUT2D eigenvalue weighted by molar-refractivity contribution is 0.0546. The van der Waals surface area contributed by atoms with Crippen molar-refractivity contribution in [2.75, 3.05) is 13.1 Å². The first-order valence-corrected chi connectivity index (χ1v) is 5.57. The van der Waals surface area contributed by atoms with Crippen molar-refractivity contribution in [1.82, 2.24) is 9.88 Å². The predicted octanol–water partition coefficient (Wildman–Crippen LogP) is 0.987. The quantitative estimate of drug-likeness (QED) is 0.767. The van der Waals surface area contributed by atoms with Crippen LogP contribution in [-0.4, -0.2) is 40.1 Å². The third-order valence-electron chi connectivity index (χ3n) is 2.91. The van der Waals surface area contributed by atoms with Crippen LogP contribution in [0.1, 0.15) is 28.9 Å². The molecule has 2 rings (SSSR count). The number of hydrogen-bond donors (Lipinski definition) is 1. The zero-order valence-electron chi connectivity index (χ0n) is 9.39. The van der Waals surface area contributed by atoms with Crippen LogP contribution in [0.15, 0.2) is 18.3 Å². The Morgan fingerprint density at radius 3 is 2.69 bits per heavy atom. The van der Waals surface area contributed by atoms with Gasteiger partial charge in [0.15, 0.2) is 0 Å². The molecule has 2 heterocycles. The van der Waals surface area contributed by atoms with Gasteiger partial charge in [0.25, 0.3) is 5.91 Å². The van der Waals surface area contributed by atoms with Gasteiger partial charge in [0.1, 0.15) is 0 Å². The minimum Gasteiger partial charge on any atom is -0.393 e. The van der Waals surface area contributed by atoms with Crippen molar-refractivity contribution in [3.63, 3.8) is 0 Å². The minimum atomic E-state index is -0.250. The van der Waals surface area contributed by atoms with E-state index in [1.165, 1.54) is 0 Å². The summed E-state index contributed by atoms with van der Waals surface area (Å²) < 4.78 is 0. The molecule has 86 valence electrons. The third-order valence-corrected chi connectivity index (χ3v) is 2.91. The maximum absolute atomic E-state index is 12.0. The van der Waals surface area contributed by atoms with Gasteiger partial charge in [-0.3, -0.25) is 9.78 Å². The summed E-state index contributed by atoms with van der Waals surface area (Å²) >= 11 is 0. The summed E-state index contributed by atoms with van der Waals surface area (Å²) in [5.41, 5.74) is 1.53. The molecule has 1 aromatic heterocycles. The molecule has 0 unspecified atom stereocenters. The van der Waals surface area contributed by atoms with E-state index in [9.17, 15) is 9.90 Å². The van der Waals surface area contributed by atoms with E-state index in [1.54, 1.807) is 17.2 Å². The minimum absolute atomic E-state index is 0.0133. The smallest absolute Gasteiger partial charge is 0.255 e. The van der Waals surface area contributed by atoms with Crippen LogP contribution in [0.4, 0.5) is 0 Å². The topological polar surface area (TPSA) is 53.4 Å². The van der Waals surface area contributed by atoms with Gasteiger partial charge in [-0.05, 0) is 31.9 Å². The molecular weight excluding hydrogens is 204 g/mol. The Kier molecular flexibility index (Phi) is 3.19. The molecule has 16 heavy (non-hydrogen) atoms. The van der Waals surface area contributed by atoms with Gasteiger partial charge >= 0.3 is 0 Å². The van der Waals surface area contributed by atoms with Crippen molar-refractivity contribution in [2.24, 2.45) is 0 Å². The Labute approximate surface area is 94.9 Å². The average Bonchev–Trinajstić information content (AvgIpc) is 2.30. The summed E-state index contributed by atoms with van der Waals surface area (Å²) in [6, 6.07) is 3.64. The highest BCUT2D eigenvalue weighted by atomic mass is 16.3. The molecule has 0 spiro atoms. The van der Waals surface area contributed by atoms with E-state index in [0.717, 1.165) is 5.69 Å². The zero-order chi connectivity index (χ0) is 11.5. The van der Waals surface area contributed by atoms with Crippen LogP contribution in [0.3, 0.4) is 0 Å². The van der Waals surface area contributed by atoms with Gasteiger partial charge in [-0.15, -0.1) is 0 Å². The first-order chi connectivity index (χ1) is 7.66. The molecule has 0 atom stereocenters. The number of carbonyl (C=O) groups excluding carboxylic acids is 1. The molecule has 1 fully saturated rings. The second-order valence-corrected chi connectivity index (χ2v) is 4.21. The van der Waals surface area contributed by atoms with Gasteiger partial charge in [0.05, 0.1) is 11.7 Å². The molecule has 1 aromatic rings. The first-order valence-electron chi connectivity index (χ1n) is 5.57. The highest BCUT2D eigenvalue weighted by molar-refractivity contribution is 5.93. The zero-order valence-corrected chi connectivity index (χ0v) is 9.39. The van der Waals surface area contributed by atoms with E-state index in [0.29, 0.717) is 31.5 Å². The number of likely N-dealkylation sites (tertiary alicyclic amines) is 1. The Bertz CT molecular complexity index is 367. The molecule has 0 radical (unpaired) electrons. The van der Waals surface area contributed by atoms with Gasteiger partial charge in [-0.1, -0.05) is 0 Å². The van der Waals surface area contributed by atoms with E-state index in [4.69, 9.17) is 0 Å². The molecule has 1 N–H and O–H groups in total. The van der Waals surface area contributed by atoms with Crippen LogP contribution >= 0.6 is 0 Å². The number of amides is 1. The molecule has 0 aliphatic carbocycles. The number of piperidine rings is 1. The second-order valence-electron chi connectivity index (χ2n) is 4.21. The van der Waals surface area contributed by atoms with Crippen LogP contribution in [0.5, 0.6) is 0 Å². The van der Waals surface area contributed by atoms with Gasteiger partial charge in [0.2, 0.25) is 0 Å². The van der Waals surface area contributed by atoms with Crippen molar-refractivity contribution >= 4 is 5.91 Å². The fourth-order valence-electron chi connectivity index (χ4n) is 1.85. The maximum Gasteiger partial charge on any atom is 0.255 e. The monoisotopic (exact) mass is 220 g/mol. The first kappa shape index (κ1) is 11.1. The Hall–Kier alpha value is -1.42. The van der Waals surface area contributed by atoms with Crippen LogP contribution < -0.4 is 0 Å². The summed E-state index contributed by atoms with van der Waals surface area (Å²) in [5.74, 6) is 0.0133. The molecule has 1 amide bonds. The number of aryl methyl sites for hydroxylation is 1. The molecule has 0 bridgehead atoms. The lowest BCUT2D eigenvalue weighted by Crippen LogP contribution is -2.40. The fraction of sp³-hybridized carbons (Fsp3) is 0.500. The molecule has 1 saturated heterocycles. The molecule has 4 nitrogen and oxygen atoms in total. The number of aliphatic hydroxyl groups excluding tert-OH is 1. The standard InChI is InChI=1S/C12H16N2O2/c1-9-2-3-10(8-13-9)12(16)14-6-4-11(15)5-7-14/h2-3,8,11,15H,4-7H2,1H3. The van der Waals surface area contributed by atoms with Crippen LogP contribution in [0.2, 0.25) is 0 Å². The SMILES string of the molecule is Cc1ccc(C(=O)N2CCC(O)CC2)cn1. The van der Waals surface area contributed by atoms with E-state index in [-0.39, 0.29) is 12.0 Å². The largest absolute Gasteiger partial charge is 0.393 e. The van der Waals surface area contributed by atoms with Gasteiger partial charge in [0, 0.05) is 25.0 Å². The molecule has 1 aliphatic heterocycles. The summed E-state index contributed by atoms with van der Waals surface area (Å²) in [4.78, 5) is 17.9. The highest BCUT2D eigenvalue weighted by Crippen LogP contribution is 2.13. The second kappa shape index (κ2) is 4.61. The predicted molar refractivity (Wildman–Crippen MR) is 60.1 cm³/mol. The van der Waals surface area contributed by atoms with Crippen LogP contribution in [0.25, 0.3) is 0 Å². The lowest BCUT2D eigenvalue weighted by Gasteiger charge is -2.29. The van der Waals surface area contributed by atoms with Crippen LogP contribution in [-0.2, 0) is 0 Å². The number of aromatic nitrogens is 1. The molecule has 0 aromatic carbocycles. The van der Waals surface area contributed by atoms with Crippen molar-refractivity contribution < 1.29 is 9.90 Å². The van der Waals surface area contributed by atoms with Crippen LogP contribution in [0, 0.1) is 6.92 Å². The third kappa shape index (κ3) is 2.39. The Morgan fingerprint density at radius 1 is 1.44 bits per heavy atom. The highest BCUT2D eigenvalue weighted by Gasteiger charge is 2.22. The van der Waals surface area contributed by atoms with Gasteiger partial charge in [-0.2, -0.15) is 0 Å². The van der Waals surface area contributed by atoms with E-state index < -0.39 is 0 Å². The van der Waals surface area contributed by atoms with Crippen molar-refractivity contribution in [3.8, 4) is 0 Å². The summed E-state index contributed by atoms with van der Waals surface area (Å²) in [7, 11) is 0. The normalized spacial score (nSPS) is 17.5. The number of carbonyl (C=O) groups is 1. The molecule has 4 heteroatoms. The molecule has 0 saturated carbocycles. The summed E-state index contributed by atoms with van der Waals surface area (Å²) in [5, 5.41) is 9.37. The lowest BCUT2D eigenvalue weighted by atomic mass is 10.1. The molecular formula is C12H16N2O2. The van der Waals surface area contributed by atoms with Crippen molar-refractivity contribution in [1.29, 1.82) is 0 Å². The maximum atomic E-state index is 12.0. The fourth-order valence-corrected chi connectivity index (χ4v) is 1.85. The molecule has 1 aliphatic rings. The summed E-state index contributed by atoms with van der Waals surface area (Å²) in [6.45, 7) is 3.16. The van der Waals surface area contributed by atoms with E-state index in [2.05, 4.69) is 4.98 Å². The van der Waals surface area contributed by atoms with Gasteiger partial charge < -0.3 is 10.0 Å². The average molecular weight is 220 g/mol. The number of aliphatic hydroxyl groups is 1. The summed E-state index contributed by atoms with van der Waals surface area (Å²) in [6.07, 6.45) is 2.71. The van der Waals surface area contributed by atoms with Crippen molar-refractivity contribution in [3.05, 3.63) is 29.6 Å². The van der Waals surface area contributed by atoms with Gasteiger partial charge in [-0.25, -0.2) is 0 Å². The Morgan fingerprint density at radius 2 is 2.12 bits per heavy atom. The van der Waals surface area contributed by atoms with E-state index in [1.807, 2.05) is 13.0 Å². The van der Waals surface area contributed by atoms with E-state index >= 15 is 0 Å². The number of pyridine rings is 1. The number of hydrogen-bond acceptors (Lipinski definition) is 3. The number of rotatable bonds is 1. The number of nitrogens with zero attached hydrogens (tertiary/aromatic N) is 2. The van der Waals surface area contributed by atoms with Crippen molar-refractivity contribution in [2.45, 2.75) is 25.9 Å².